The summed E-state index contributed by atoms with van der Waals surface area (Å²) >= 11 is 7.45. The molecular formula is C19H18ClN3OS. The molecule has 2 aromatic carbocycles. The van der Waals surface area contributed by atoms with Crippen LogP contribution in [0.2, 0.25) is 5.02 Å². The number of nitrogens with zero attached hydrogens (tertiary/aromatic N) is 3. The number of aromatic nitrogens is 2. The van der Waals surface area contributed by atoms with Gasteiger partial charge in [0.25, 0.3) is 5.91 Å². The van der Waals surface area contributed by atoms with Crippen LogP contribution in [0, 0.1) is 6.92 Å². The Morgan fingerprint density at radius 3 is 2.68 bits per heavy atom. The molecule has 0 aliphatic rings. The van der Waals surface area contributed by atoms with Crippen molar-refractivity contribution >= 4 is 34.0 Å². The highest BCUT2D eigenvalue weighted by Gasteiger charge is 2.21. The molecule has 0 N–H and O–H groups in total. The molecule has 0 unspecified atom stereocenters. The van der Waals surface area contributed by atoms with E-state index in [9.17, 15) is 4.79 Å². The van der Waals surface area contributed by atoms with Gasteiger partial charge < -0.3 is 0 Å². The van der Waals surface area contributed by atoms with E-state index in [1.54, 1.807) is 29.2 Å². The highest BCUT2D eigenvalue weighted by molar-refractivity contribution is 7.18. The third kappa shape index (κ3) is 3.89. The van der Waals surface area contributed by atoms with Crippen molar-refractivity contribution in [3.63, 3.8) is 0 Å². The van der Waals surface area contributed by atoms with Crippen molar-refractivity contribution in [1.29, 1.82) is 0 Å². The zero-order valence-electron chi connectivity index (χ0n) is 14.1. The first-order valence-corrected chi connectivity index (χ1v) is 9.26. The van der Waals surface area contributed by atoms with Gasteiger partial charge in [0.15, 0.2) is 0 Å². The SMILES string of the molecule is CCCN(C(=O)c1cccc(Cl)c1)c1nnc(-c2ccccc2C)s1. The van der Waals surface area contributed by atoms with Gasteiger partial charge in [-0.05, 0) is 37.1 Å². The fraction of sp³-hybridized carbons (Fsp3) is 0.211. The predicted octanol–water partition coefficient (Wildman–Crippen LogP) is 5.22. The Labute approximate surface area is 156 Å². The van der Waals surface area contributed by atoms with Gasteiger partial charge in [-0.1, -0.05) is 60.2 Å². The zero-order chi connectivity index (χ0) is 17.8. The summed E-state index contributed by atoms with van der Waals surface area (Å²) < 4.78 is 0. The molecule has 6 heteroatoms. The highest BCUT2D eigenvalue weighted by atomic mass is 35.5. The van der Waals surface area contributed by atoms with E-state index in [2.05, 4.69) is 10.2 Å². The van der Waals surface area contributed by atoms with Crippen molar-refractivity contribution < 1.29 is 4.79 Å². The van der Waals surface area contributed by atoms with Gasteiger partial charge in [-0.25, -0.2) is 0 Å². The summed E-state index contributed by atoms with van der Waals surface area (Å²) in [5.74, 6) is -0.114. The third-order valence-corrected chi connectivity index (χ3v) is 5.00. The topological polar surface area (TPSA) is 46.1 Å². The van der Waals surface area contributed by atoms with Crippen LogP contribution in [-0.2, 0) is 0 Å². The Hall–Kier alpha value is -2.24. The number of benzene rings is 2. The molecule has 0 atom stereocenters. The van der Waals surface area contributed by atoms with Crippen molar-refractivity contribution in [2.45, 2.75) is 20.3 Å². The summed E-state index contributed by atoms with van der Waals surface area (Å²) in [7, 11) is 0. The van der Waals surface area contributed by atoms with Crippen molar-refractivity contribution in [2.24, 2.45) is 0 Å². The second-order valence-electron chi connectivity index (χ2n) is 5.67. The summed E-state index contributed by atoms with van der Waals surface area (Å²) in [5.41, 5.74) is 2.72. The molecule has 0 spiro atoms. The van der Waals surface area contributed by atoms with Gasteiger partial charge in [0, 0.05) is 22.7 Å². The van der Waals surface area contributed by atoms with Gasteiger partial charge in [-0.2, -0.15) is 0 Å². The standard InChI is InChI=1S/C19H18ClN3OS/c1-3-11-23(18(24)14-8-6-9-15(20)12-14)19-22-21-17(25-19)16-10-5-4-7-13(16)2/h4-10,12H,3,11H2,1-2H3. The summed E-state index contributed by atoms with van der Waals surface area (Å²) in [4.78, 5) is 14.6. The summed E-state index contributed by atoms with van der Waals surface area (Å²) in [6.45, 7) is 4.65. The average molecular weight is 372 g/mol. The van der Waals surface area contributed by atoms with Crippen LogP contribution >= 0.6 is 22.9 Å². The molecule has 25 heavy (non-hydrogen) atoms. The third-order valence-electron chi connectivity index (χ3n) is 3.78. The number of carbonyl (C=O) groups is 1. The predicted molar refractivity (Wildman–Crippen MR) is 104 cm³/mol. The lowest BCUT2D eigenvalue weighted by atomic mass is 10.1. The van der Waals surface area contributed by atoms with Crippen molar-refractivity contribution in [3.8, 4) is 10.6 Å². The van der Waals surface area contributed by atoms with Gasteiger partial charge in [-0.3, -0.25) is 9.69 Å². The zero-order valence-corrected chi connectivity index (χ0v) is 15.6. The van der Waals surface area contributed by atoms with Crippen LogP contribution in [0.5, 0.6) is 0 Å². The Morgan fingerprint density at radius 1 is 1.16 bits per heavy atom. The molecule has 1 aromatic heterocycles. The molecule has 128 valence electrons. The first-order valence-electron chi connectivity index (χ1n) is 8.07. The molecule has 0 radical (unpaired) electrons. The molecule has 1 amide bonds. The van der Waals surface area contributed by atoms with Crippen LogP contribution < -0.4 is 4.90 Å². The van der Waals surface area contributed by atoms with Gasteiger partial charge in [0.05, 0.1) is 0 Å². The molecule has 4 nitrogen and oxygen atoms in total. The van der Waals surface area contributed by atoms with Crippen LogP contribution in [0.25, 0.3) is 10.6 Å². The second kappa shape index (κ2) is 7.76. The van der Waals surface area contributed by atoms with E-state index in [0.717, 1.165) is 22.6 Å². The van der Waals surface area contributed by atoms with E-state index in [1.165, 1.54) is 11.3 Å². The Morgan fingerprint density at radius 2 is 1.96 bits per heavy atom. The van der Waals surface area contributed by atoms with Gasteiger partial charge in [0.1, 0.15) is 5.01 Å². The quantitative estimate of drug-likeness (QED) is 0.617. The number of hydrogen-bond donors (Lipinski definition) is 0. The van der Waals surface area contributed by atoms with E-state index in [4.69, 9.17) is 11.6 Å². The fourth-order valence-corrected chi connectivity index (χ4v) is 3.68. The molecule has 0 fully saturated rings. The summed E-state index contributed by atoms with van der Waals surface area (Å²) in [6, 6.07) is 15.0. The molecule has 3 aromatic rings. The number of anilines is 1. The normalized spacial score (nSPS) is 10.7. The highest BCUT2D eigenvalue weighted by Crippen LogP contribution is 2.31. The fourth-order valence-electron chi connectivity index (χ4n) is 2.53. The Balaban J connectivity index is 1.94. The number of amides is 1. The maximum Gasteiger partial charge on any atom is 0.260 e. The monoisotopic (exact) mass is 371 g/mol. The van der Waals surface area contributed by atoms with Gasteiger partial charge in [0.2, 0.25) is 5.13 Å². The number of rotatable bonds is 5. The maximum atomic E-state index is 12.9. The number of hydrogen-bond acceptors (Lipinski definition) is 4. The molecule has 0 aliphatic heterocycles. The number of carbonyl (C=O) groups excluding carboxylic acids is 1. The first-order chi connectivity index (χ1) is 12.1. The first kappa shape index (κ1) is 17.6. The van der Waals surface area contributed by atoms with Crippen LogP contribution in [0.1, 0.15) is 29.3 Å². The van der Waals surface area contributed by atoms with Crippen molar-refractivity contribution in [3.05, 3.63) is 64.7 Å². The van der Waals surface area contributed by atoms with E-state index in [1.807, 2.05) is 38.1 Å². The Bertz CT molecular complexity index is 894. The lowest BCUT2D eigenvalue weighted by Crippen LogP contribution is -2.31. The van der Waals surface area contributed by atoms with Crippen LogP contribution in [0.4, 0.5) is 5.13 Å². The largest absolute Gasteiger partial charge is 0.283 e. The van der Waals surface area contributed by atoms with Crippen molar-refractivity contribution in [2.75, 3.05) is 11.4 Å². The molecule has 0 aliphatic carbocycles. The van der Waals surface area contributed by atoms with Crippen molar-refractivity contribution in [1.82, 2.24) is 10.2 Å². The summed E-state index contributed by atoms with van der Waals surface area (Å²) in [5, 5.41) is 10.5. The van der Waals surface area contributed by atoms with Gasteiger partial charge in [-0.15, -0.1) is 10.2 Å². The molecule has 0 saturated carbocycles. The molecule has 0 bridgehead atoms. The van der Waals surface area contributed by atoms with E-state index in [0.29, 0.717) is 22.3 Å². The molecular weight excluding hydrogens is 354 g/mol. The number of aryl methyl sites for hydroxylation is 1. The van der Waals surface area contributed by atoms with Crippen LogP contribution in [0.15, 0.2) is 48.5 Å². The second-order valence-corrected chi connectivity index (χ2v) is 7.06. The average Bonchev–Trinajstić information content (AvgIpc) is 3.09. The Kier molecular flexibility index (Phi) is 5.46. The minimum absolute atomic E-state index is 0.114. The lowest BCUT2D eigenvalue weighted by Gasteiger charge is -2.18. The molecule has 0 saturated heterocycles. The maximum absolute atomic E-state index is 12.9. The van der Waals surface area contributed by atoms with E-state index < -0.39 is 0 Å². The minimum atomic E-state index is -0.114. The van der Waals surface area contributed by atoms with Crippen LogP contribution in [-0.4, -0.2) is 22.6 Å². The molecule has 1 heterocycles. The van der Waals surface area contributed by atoms with E-state index >= 15 is 0 Å². The lowest BCUT2D eigenvalue weighted by molar-refractivity contribution is 0.0986. The van der Waals surface area contributed by atoms with Gasteiger partial charge >= 0.3 is 0 Å². The smallest absolute Gasteiger partial charge is 0.260 e. The summed E-state index contributed by atoms with van der Waals surface area (Å²) in [6.07, 6.45) is 0.825. The van der Waals surface area contributed by atoms with Crippen LogP contribution in [0.3, 0.4) is 0 Å². The number of halogens is 1. The molecule has 3 rings (SSSR count). The minimum Gasteiger partial charge on any atom is -0.283 e. The van der Waals surface area contributed by atoms with E-state index in [-0.39, 0.29) is 5.91 Å².